The number of aryl methyl sites for hydroxylation is 2. The van der Waals surface area contributed by atoms with Crippen LogP contribution in [0.3, 0.4) is 0 Å². The number of amides is 1. The fourth-order valence-electron chi connectivity index (χ4n) is 3.53. The molecule has 0 bridgehead atoms. The molecule has 0 spiro atoms. The van der Waals surface area contributed by atoms with Crippen LogP contribution in [0.2, 0.25) is 0 Å². The van der Waals surface area contributed by atoms with Crippen LogP contribution in [0.15, 0.2) is 21.3 Å². The number of nitrogens with zero attached hydrogens (tertiary/aromatic N) is 2. The molecule has 2 aliphatic heterocycles. The van der Waals surface area contributed by atoms with Crippen LogP contribution in [0.1, 0.15) is 57.8 Å². The Morgan fingerprint density at radius 3 is 1.75 bits per heavy atom. The molecule has 2 aliphatic rings. The van der Waals surface area contributed by atoms with E-state index in [0.717, 1.165) is 38.9 Å². The zero-order valence-corrected chi connectivity index (χ0v) is 22.9. The molecule has 0 aliphatic carbocycles. The van der Waals surface area contributed by atoms with Crippen molar-refractivity contribution in [2.24, 2.45) is 5.73 Å². The highest BCUT2D eigenvalue weighted by atomic mass is 79.9. The van der Waals surface area contributed by atoms with Crippen LogP contribution >= 0.6 is 31.9 Å². The summed E-state index contributed by atoms with van der Waals surface area (Å²) in [6.45, 7) is 1.56. The monoisotopic (exact) mass is 636 g/mol. The van der Waals surface area contributed by atoms with Crippen LogP contribution in [-0.4, -0.2) is 54.4 Å². The lowest BCUT2D eigenvalue weighted by molar-refractivity contribution is -0.0543. The van der Waals surface area contributed by atoms with Gasteiger partial charge < -0.3 is 26.1 Å². The Bertz CT molecular complexity index is 1080. The zero-order valence-electron chi connectivity index (χ0n) is 19.7. The summed E-state index contributed by atoms with van der Waals surface area (Å²) < 4.78 is 42.0. The van der Waals surface area contributed by atoms with Crippen molar-refractivity contribution in [3.05, 3.63) is 55.5 Å². The summed E-state index contributed by atoms with van der Waals surface area (Å²) in [6, 6.07) is 2.62. The maximum absolute atomic E-state index is 13.5. The van der Waals surface area contributed by atoms with Crippen molar-refractivity contribution in [1.82, 2.24) is 16.1 Å². The molecule has 2 saturated heterocycles. The van der Waals surface area contributed by atoms with Crippen LogP contribution in [-0.2, 0) is 27.1 Å². The van der Waals surface area contributed by atoms with Crippen molar-refractivity contribution in [2.45, 2.75) is 50.7 Å². The highest BCUT2D eigenvalue weighted by molar-refractivity contribution is 9.10. The van der Waals surface area contributed by atoms with Gasteiger partial charge in [0.1, 0.15) is 14.9 Å². The number of hydrogen-bond donors (Lipinski definition) is 2. The van der Waals surface area contributed by atoms with Crippen LogP contribution in [0, 0.1) is 11.6 Å². The maximum Gasteiger partial charge on any atom is 0.356 e. The highest BCUT2D eigenvalue weighted by Crippen LogP contribution is 2.23. The number of hydrogen-bond acceptors (Lipinski definition) is 8. The van der Waals surface area contributed by atoms with Crippen molar-refractivity contribution in [3.8, 4) is 0 Å². The second kappa shape index (κ2) is 14.0. The molecule has 2 atom stereocenters. The van der Waals surface area contributed by atoms with Crippen LogP contribution < -0.4 is 11.9 Å². The van der Waals surface area contributed by atoms with Gasteiger partial charge in [-0.25, -0.2) is 23.5 Å². The first kappa shape index (κ1) is 30.2. The van der Waals surface area contributed by atoms with E-state index in [1.807, 2.05) is 0 Å². The van der Waals surface area contributed by atoms with E-state index in [-0.39, 0.29) is 39.0 Å². The number of halogens is 4. The van der Waals surface area contributed by atoms with Gasteiger partial charge >= 0.3 is 5.97 Å². The number of rotatable bonds is 8. The standard InChI is InChI=1S/C12H13BrFNO3.C11H12BrFN2O2.H3N/c1-17-12(16)10-7(2-3-8-4-5-18-8)6-9(14)11(13)15-10;12-10-8(13)5-6(9(15-10)11(14)16)1-2-7-3-4-17-7;/h6,8H,2-5H2,1H3;5,7H,1-4H2,(H2,14,16);1H3. The predicted octanol–water partition coefficient (Wildman–Crippen LogP) is 4.46. The summed E-state index contributed by atoms with van der Waals surface area (Å²) in [5, 5.41) is 0. The fourth-order valence-corrected chi connectivity index (χ4v) is 4.12. The number of esters is 1. The lowest BCUT2D eigenvalue weighted by Crippen LogP contribution is -2.27. The Morgan fingerprint density at radius 2 is 1.39 bits per heavy atom. The molecule has 13 heteroatoms. The lowest BCUT2D eigenvalue weighted by atomic mass is 10.0. The third-order valence-electron chi connectivity index (χ3n) is 5.69. The molecule has 4 heterocycles. The molecular formula is C23H28Br2F2N4O5. The van der Waals surface area contributed by atoms with E-state index < -0.39 is 23.5 Å². The highest BCUT2D eigenvalue weighted by Gasteiger charge is 2.22. The molecule has 0 radical (unpaired) electrons. The quantitative estimate of drug-likeness (QED) is 0.318. The molecule has 36 heavy (non-hydrogen) atoms. The van der Waals surface area contributed by atoms with Gasteiger partial charge in [-0.05, 0) is 93.6 Å². The number of methoxy groups -OCH3 is 1. The number of primary amides is 1. The van der Waals surface area contributed by atoms with Crippen molar-refractivity contribution >= 4 is 43.7 Å². The van der Waals surface area contributed by atoms with E-state index in [1.54, 1.807) is 0 Å². The first-order chi connectivity index (χ1) is 16.7. The second-order valence-electron chi connectivity index (χ2n) is 8.03. The second-order valence-corrected chi connectivity index (χ2v) is 9.54. The van der Waals surface area contributed by atoms with Crippen LogP contribution in [0.25, 0.3) is 0 Å². The van der Waals surface area contributed by atoms with Crippen molar-refractivity contribution < 1.29 is 32.6 Å². The summed E-state index contributed by atoms with van der Waals surface area (Å²) in [6.07, 6.45) is 5.05. The molecule has 2 fully saturated rings. The van der Waals surface area contributed by atoms with E-state index in [0.29, 0.717) is 24.0 Å². The summed E-state index contributed by atoms with van der Waals surface area (Å²) >= 11 is 5.90. The summed E-state index contributed by atoms with van der Waals surface area (Å²) in [4.78, 5) is 30.5. The molecule has 2 aromatic heterocycles. The van der Waals surface area contributed by atoms with Gasteiger partial charge in [-0.3, -0.25) is 4.79 Å². The Labute approximate surface area is 224 Å². The van der Waals surface area contributed by atoms with Gasteiger partial charge in [-0.2, -0.15) is 0 Å². The van der Waals surface area contributed by atoms with E-state index >= 15 is 0 Å². The molecular weight excluding hydrogens is 610 g/mol. The molecule has 5 N–H and O–H groups in total. The molecule has 2 aromatic rings. The van der Waals surface area contributed by atoms with Gasteiger partial charge in [0.2, 0.25) is 0 Å². The van der Waals surface area contributed by atoms with E-state index in [4.69, 9.17) is 15.2 Å². The molecule has 2 unspecified atom stereocenters. The molecule has 0 saturated carbocycles. The first-order valence-electron chi connectivity index (χ1n) is 11.0. The predicted molar refractivity (Wildman–Crippen MR) is 134 cm³/mol. The number of nitrogens with two attached hydrogens (primary N) is 1. The summed E-state index contributed by atoms with van der Waals surface area (Å²) in [5.41, 5.74) is 6.58. The largest absolute Gasteiger partial charge is 0.464 e. The van der Waals surface area contributed by atoms with Crippen molar-refractivity contribution in [2.75, 3.05) is 20.3 Å². The molecule has 1 amide bonds. The van der Waals surface area contributed by atoms with E-state index in [1.165, 1.54) is 19.2 Å². The molecule has 198 valence electrons. The Kier molecular flexibility index (Phi) is 11.8. The average Bonchev–Trinajstić information content (AvgIpc) is 2.75. The number of ether oxygens (including phenoxy) is 3. The first-order valence-corrected chi connectivity index (χ1v) is 12.6. The van der Waals surface area contributed by atoms with Crippen molar-refractivity contribution in [1.29, 1.82) is 0 Å². The van der Waals surface area contributed by atoms with Gasteiger partial charge in [-0.1, -0.05) is 0 Å². The topological polar surface area (TPSA) is 149 Å². The average molecular weight is 638 g/mol. The summed E-state index contributed by atoms with van der Waals surface area (Å²) in [5.74, 6) is -2.16. The van der Waals surface area contributed by atoms with Gasteiger partial charge in [-0.15, -0.1) is 0 Å². The van der Waals surface area contributed by atoms with E-state index in [2.05, 4.69) is 46.6 Å². The van der Waals surface area contributed by atoms with Gasteiger partial charge in [0.05, 0.1) is 19.3 Å². The molecule has 4 rings (SSSR count). The normalized spacial score (nSPS) is 18.0. The fraction of sp³-hybridized carbons (Fsp3) is 0.478. The van der Waals surface area contributed by atoms with Gasteiger partial charge in [0.25, 0.3) is 5.91 Å². The Morgan fingerprint density at radius 1 is 0.972 bits per heavy atom. The Balaban J connectivity index is 0.000000247. The van der Waals surface area contributed by atoms with E-state index in [9.17, 15) is 18.4 Å². The van der Waals surface area contributed by atoms with Gasteiger partial charge in [0, 0.05) is 13.2 Å². The Hall–Kier alpha value is -2.06. The summed E-state index contributed by atoms with van der Waals surface area (Å²) in [7, 11) is 1.28. The zero-order chi connectivity index (χ0) is 25.5. The van der Waals surface area contributed by atoms with Gasteiger partial charge in [0.15, 0.2) is 17.3 Å². The smallest absolute Gasteiger partial charge is 0.356 e. The lowest BCUT2D eigenvalue weighted by Gasteiger charge is -2.26. The van der Waals surface area contributed by atoms with Crippen LogP contribution in [0.5, 0.6) is 0 Å². The third kappa shape index (κ3) is 7.97. The minimum Gasteiger partial charge on any atom is -0.464 e. The number of carbonyl (C=O) groups excluding carboxylic acids is 2. The van der Waals surface area contributed by atoms with Crippen molar-refractivity contribution in [3.63, 3.8) is 0 Å². The SMILES string of the molecule is COC(=O)c1nc(Br)c(F)cc1CCC1CCO1.N.NC(=O)c1nc(Br)c(F)cc1CCC1CCO1. The molecule has 9 nitrogen and oxygen atoms in total. The van der Waals surface area contributed by atoms with Crippen LogP contribution in [0.4, 0.5) is 8.78 Å². The minimum absolute atomic E-state index is 0. The molecule has 0 aromatic carbocycles. The maximum atomic E-state index is 13.5. The number of pyridine rings is 2. The number of carbonyl (C=O) groups is 2. The third-order valence-corrected chi connectivity index (χ3v) is 6.81. The minimum atomic E-state index is -0.643. The number of aromatic nitrogens is 2.